The van der Waals surface area contributed by atoms with Crippen LogP contribution >= 0.6 is 12.4 Å². The van der Waals surface area contributed by atoms with E-state index >= 15 is 0 Å². The van der Waals surface area contributed by atoms with Crippen molar-refractivity contribution in [3.05, 3.63) is 29.8 Å². The second kappa shape index (κ2) is 8.72. The minimum Gasteiger partial charge on any atom is -0.371 e. The van der Waals surface area contributed by atoms with E-state index in [0.29, 0.717) is 11.5 Å². The highest BCUT2D eigenvalue weighted by Gasteiger charge is 2.32. The molecule has 4 nitrogen and oxygen atoms in total. The molecule has 2 N–H and O–H groups in total. The Kier molecular flexibility index (Phi) is 7.15. The maximum atomic E-state index is 5.97. The van der Waals surface area contributed by atoms with E-state index in [-0.39, 0.29) is 12.4 Å². The van der Waals surface area contributed by atoms with E-state index in [1.807, 2.05) is 0 Å². The number of halogens is 1. The highest BCUT2D eigenvalue weighted by Crippen LogP contribution is 2.32. The van der Waals surface area contributed by atoms with Gasteiger partial charge in [-0.1, -0.05) is 25.1 Å². The lowest BCUT2D eigenvalue weighted by Gasteiger charge is -2.37. The van der Waals surface area contributed by atoms with Crippen molar-refractivity contribution in [2.75, 3.05) is 51.7 Å². The number of anilines is 1. The minimum atomic E-state index is 0. The zero-order chi connectivity index (χ0) is 17.2. The number of hydrogen-bond donors (Lipinski definition) is 1. The molecule has 0 amide bonds. The van der Waals surface area contributed by atoms with Crippen molar-refractivity contribution in [2.24, 2.45) is 11.1 Å². The Morgan fingerprint density at radius 1 is 1.20 bits per heavy atom. The Balaban J connectivity index is 0.00000225. The molecule has 2 saturated heterocycles. The third-order valence-electron chi connectivity index (χ3n) is 6.13. The number of para-hydroxylation sites is 1. The zero-order valence-corrected chi connectivity index (χ0v) is 16.9. The zero-order valence-electron chi connectivity index (χ0n) is 16.1. The fraction of sp³-hybridized carbons (Fsp3) is 0.700. The summed E-state index contributed by atoms with van der Waals surface area (Å²) < 4.78 is 0. The SMILES string of the molecule is CN1CCC(N(C)c2ccccc2CN2CCC(C)(CN)C2)CC1.Cl. The van der Waals surface area contributed by atoms with Crippen LogP contribution in [0.25, 0.3) is 0 Å². The first kappa shape index (κ1) is 20.5. The Morgan fingerprint density at radius 2 is 1.88 bits per heavy atom. The summed E-state index contributed by atoms with van der Waals surface area (Å²) in [7, 11) is 4.51. The Hall–Kier alpha value is -0.810. The standard InChI is InChI=1S/C20H34N4.ClH/c1-20(15-21)10-13-24(16-20)14-17-6-4-5-7-19(17)23(3)18-8-11-22(2)12-9-18;/h4-7,18H,8-16,21H2,1-3H3;1H. The van der Waals surface area contributed by atoms with Crippen LogP contribution in [0.2, 0.25) is 0 Å². The molecule has 1 aromatic rings. The summed E-state index contributed by atoms with van der Waals surface area (Å²) in [5.41, 5.74) is 9.14. The summed E-state index contributed by atoms with van der Waals surface area (Å²) in [6.07, 6.45) is 3.74. The van der Waals surface area contributed by atoms with Crippen LogP contribution in [-0.2, 0) is 6.54 Å². The molecule has 2 aliphatic rings. The average molecular weight is 367 g/mol. The molecule has 2 fully saturated rings. The molecule has 25 heavy (non-hydrogen) atoms. The lowest BCUT2D eigenvalue weighted by molar-refractivity contribution is 0.252. The normalized spacial score (nSPS) is 25.8. The van der Waals surface area contributed by atoms with Crippen molar-refractivity contribution in [3.8, 4) is 0 Å². The van der Waals surface area contributed by atoms with Crippen LogP contribution in [0.4, 0.5) is 5.69 Å². The molecule has 2 aliphatic heterocycles. The molecule has 142 valence electrons. The fourth-order valence-electron chi connectivity index (χ4n) is 4.24. The van der Waals surface area contributed by atoms with Gasteiger partial charge in [0.2, 0.25) is 0 Å². The van der Waals surface area contributed by atoms with Crippen molar-refractivity contribution in [3.63, 3.8) is 0 Å². The number of nitrogens with zero attached hydrogens (tertiary/aromatic N) is 3. The molecule has 3 rings (SSSR count). The van der Waals surface area contributed by atoms with Crippen LogP contribution < -0.4 is 10.6 Å². The van der Waals surface area contributed by atoms with Crippen molar-refractivity contribution < 1.29 is 0 Å². The molecule has 0 aromatic heterocycles. The molecule has 1 aromatic carbocycles. The monoisotopic (exact) mass is 366 g/mol. The van der Waals surface area contributed by atoms with Crippen LogP contribution in [0.3, 0.4) is 0 Å². The van der Waals surface area contributed by atoms with Gasteiger partial charge in [0, 0.05) is 31.9 Å². The average Bonchev–Trinajstić information content (AvgIpc) is 2.97. The van der Waals surface area contributed by atoms with Gasteiger partial charge in [0.05, 0.1) is 0 Å². The topological polar surface area (TPSA) is 35.7 Å². The summed E-state index contributed by atoms with van der Waals surface area (Å²) in [6.45, 7) is 8.86. The predicted octanol–water partition coefficient (Wildman–Crippen LogP) is 2.81. The van der Waals surface area contributed by atoms with E-state index < -0.39 is 0 Å². The second-order valence-electron chi connectivity index (χ2n) is 8.25. The van der Waals surface area contributed by atoms with Crippen molar-refractivity contribution in [1.82, 2.24) is 9.80 Å². The van der Waals surface area contributed by atoms with Gasteiger partial charge in [0.25, 0.3) is 0 Å². The molecule has 0 bridgehead atoms. The molecular weight excluding hydrogens is 332 g/mol. The van der Waals surface area contributed by atoms with Crippen LogP contribution in [0.5, 0.6) is 0 Å². The molecule has 0 saturated carbocycles. The highest BCUT2D eigenvalue weighted by molar-refractivity contribution is 5.85. The Morgan fingerprint density at radius 3 is 2.52 bits per heavy atom. The maximum absolute atomic E-state index is 5.97. The Labute approximate surface area is 159 Å². The van der Waals surface area contributed by atoms with Crippen LogP contribution in [0, 0.1) is 5.41 Å². The fourth-order valence-corrected chi connectivity index (χ4v) is 4.24. The molecule has 1 atom stereocenters. The third kappa shape index (κ3) is 4.88. The van der Waals surface area contributed by atoms with Crippen LogP contribution in [0.1, 0.15) is 31.7 Å². The molecule has 2 heterocycles. The van der Waals surface area contributed by atoms with Gasteiger partial charge in [-0.15, -0.1) is 12.4 Å². The van der Waals surface area contributed by atoms with Gasteiger partial charge >= 0.3 is 0 Å². The first-order chi connectivity index (χ1) is 11.5. The number of hydrogen-bond acceptors (Lipinski definition) is 4. The van der Waals surface area contributed by atoms with Gasteiger partial charge in [-0.05, 0) is 69.5 Å². The van der Waals surface area contributed by atoms with Crippen LogP contribution in [0.15, 0.2) is 24.3 Å². The number of benzene rings is 1. The Bertz CT molecular complexity index is 544. The number of nitrogens with two attached hydrogens (primary N) is 1. The van der Waals surface area contributed by atoms with Gasteiger partial charge in [-0.3, -0.25) is 4.90 Å². The molecule has 5 heteroatoms. The summed E-state index contributed by atoms with van der Waals surface area (Å²) >= 11 is 0. The van der Waals surface area contributed by atoms with E-state index in [1.54, 1.807) is 0 Å². The van der Waals surface area contributed by atoms with Crippen molar-refractivity contribution in [2.45, 2.75) is 38.8 Å². The molecule has 0 spiro atoms. The van der Waals surface area contributed by atoms with Gasteiger partial charge in [-0.25, -0.2) is 0 Å². The quantitative estimate of drug-likeness (QED) is 0.869. The maximum Gasteiger partial charge on any atom is 0.0411 e. The molecule has 0 aliphatic carbocycles. The first-order valence-corrected chi connectivity index (χ1v) is 9.42. The van der Waals surface area contributed by atoms with Gasteiger partial charge in [-0.2, -0.15) is 0 Å². The molecule has 1 unspecified atom stereocenters. The van der Waals surface area contributed by atoms with Gasteiger partial charge in [0.15, 0.2) is 0 Å². The number of likely N-dealkylation sites (tertiary alicyclic amines) is 2. The smallest absolute Gasteiger partial charge is 0.0411 e. The van der Waals surface area contributed by atoms with E-state index in [9.17, 15) is 0 Å². The minimum absolute atomic E-state index is 0. The highest BCUT2D eigenvalue weighted by atomic mass is 35.5. The third-order valence-corrected chi connectivity index (χ3v) is 6.13. The molecule has 0 radical (unpaired) electrons. The summed E-state index contributed by atoms with van der Waals surface area (Å²) in [4.78, 5) is 7.54. The van der Waals surface area contributed by atoms with E-state index in [4.69, 9.17) is 5.73 Å². The van der Waals surface area contributed by atoms with Crippen LogP contribution in [-0.4, -0.2) is 62.7 Å². The lowest BCUT2D eigenvalue weighted by Crippen LogP contribution is -2.42. The van der Waals surface area contributed by atoms with E-state index in [2.05, 4.69) is 60.0 Å². The van der Waals surface area contributed by atoms with E-state index in [0.717, 1.165) is 19.6 Å². The second-order valence-corrected chi connectivity index (χ2v) is 8.25. The summed E-state index contributed by atoms with van der Waals surface area (Å²) in [5.74, 6) is 0. The summed E-state index contributed by atoms with van der Waals surface area (Å²) in [6, 6.07) is 9.62. The number of rotatable bonds is 5. The first-order valence-electron chi connectivity index (χ1n) is 9.42. The molecular formula is C20H35ClN4. The number of piperidine rings is 1. The predicted molar refractivity (Wildman–Crippen MR) is 110 cm³/mol. The van der Waals surface area contributed by atoms with E-state index in [1.165, 1.54) is 50.1 Å². The van der Waals surface area contributed by atoms with Crippen molar-refractivity contribution >= 4 is 18.1 Å². The lowest BCUT2D eigenvalue weighted by atomic mass is 9.90. The van der Waals surface area contributed by atoms with Gasteiger partial charge in [0.1, 0.15) is 0 Å². The largest absolute Gasteiger partial charge is 0.371 e. The summed E-state index contributed by atoms with van der Waals surface area (Å²) in [5, 5.41) is 0. The van der Waals surface area contributed by atoms with Crippen molar-refractivity contribution in [1.29, 1.82) is 0 Å². The van der Waals surface area contributed by atoms with Gasteiger partial charge < -0.3 is 15.5 Å².